The van der Waals surface area contributed by atoms with Crippen LogP contribution >= 0.6 is 0 Å². The van der Waals surface area contributed by atoms with Gasteiger partial charge >= 0.3 is 0 Å². The fraction of sp³-hybridized carbons (Fsp3) is 0.300. The molecule has 0 heterocycles. The largest absolute Gasteiger partial charge is 0.508 e. The van der Waals surface area contributed by atoms with Crippen molar-refractivity contribution >= 4 is 0 Å². The van der Waals surface area contributed by atoms with Gasteiger partial charge in [-0.2, -0.15) is 5.26 Å². The normalized spacial score (nSPS) is 12.0. The maximum atomic E-state index is 9.40. The SMILES string of the molecule is CC(CC#N)c1ccccc1O. The number of phenols is 1. The molecule has 0 radical (unpaired) electrons. The number of phenolic OH excluding ortho intramolecular Hbond substituents is 1. The molecular weight excluding hydrogens is 150 g/mol. The molecule has 0 aliphatic rings. The van der Waals surface area contributed by atoms with Crippen molar-refractivity contribution in [2.75, 3.05) is 0 Å². The van der Waals surface area contributed by atoms with Crippen LogP contribution < -0.4 is 0 Å². The van der Waals surface area contributed by atoms with Gasteiger partial charge in [0.2, 0.25) is 0 Å². The molecule has 1 aromatic carbocycles. The quantitative estimate of drug-likeness (QED) is 0.723. The maximum Gasteiger partial charge on any atom is 0.119 e. The van der Waals surface area contributed by atoms with Crippen molar-refractivity contribution < 1.29 is 5.11 Å². The minimum absolute atomic E-state index is 0.108. The summed E-state index contributed by atoms with van der Waals surface area (Å²) < 4.78 is 0. The lowest BCUT2D eigenvalue weighted by Crippen LogP contribution is -1.91. The van der Waals surface area contributed by atoms with E-state index in [2.05, 4.69) is 6.07 Å². The first-order valence-electron chi connectivity index (χ1n) is 3.90. The van der Waals surface area contributed by atoms with E-state index in [0.717, 1.165) is 5.56 Å². The molecule has 2 heteroatoms. The van der Waals surface area contributed by atoms with Gasteiger partial charge in [-0.25, -0.2) is 0 Å². The van der Waals surface area contributed by atoms with Crippen LogP contribution in [0.2, 0.25) is 0 Å². The van der Waals surface area contributed by atoms with Gasteiger partial charge in [0.05, 0.1) is 6.07 Å². The molecule has 0 spiro atoms. The van der Waals surface area contributed by atoms with Crippen LogP contribution in [0.5, 0.6) is 5.75 Å². The first kappa shape index (κ1) is 8.61. The van der Waals surface area contributed by atoms with E-state index in [-0.39, 0.29) is 11.7 Å². The minimum Gasteiger partial charge on any atom is -0.508 e. The second-order valence-electron chi connectivity index (χ2n) is 2.82. The first-order chi connectivity index (χ1) is 5.75. The Balaban J connectivity index is 2.88. The monoisotopic (exact) mass is 161 g/mol. The zero-order chi connectivity index (χ0) is 8.97. The average molecular weight is 161 g/mol. The third-order valence-electron chi connectivity index (χ3n) is 1.87. The molecule has 1 unspecified atom stereocenters. The second-order valence-corrected chi connectivity index (χ2v) is 2.82. The van der Waals surface area contributed by atoms with Crippen molar-refractivity contribution in [3.8, 4) is 11.8 Å². The van der Waals surface area contributed by atoms with Crippen molar-refractivity contribution in [1.82, 2.24) is 0 Å². The maximum absolute atomic E-state index is 9.40. The number of hydrogen-bond acceptors (Lipinski definition) is 2. The molecule has 1 aromatic rings. The Bertz CT molecular complexity index is 301. The van der Waals surface area contributed by atoms with E-state index in [1.165, 1.54) is 0 Å². The highest BCUT2D eigenvalue weighted by Gasteiger charge is 2.07. The summed E-state index contributed by atoms with van der Waals surface area (Å²) in [7, 11) is 0. The highest BCUT2D eigenvalue weighted by molar-refractivity contribution is 5.34. The lowest BCUT2D eigenvalue weighted by atomic mass is 9.98. The van der Waals surface area contributed by atoms with Gasteiger partial charge in [0.1, 0.15) is 5.75 Å². The van der Waals surface area contributed by atoms with Crippen LogP contribution in [-0.2, 0) is 0 Å². The number of para-hydroxylation sites is 1. The van der Waals surface area contributed by atoms with Crippen LogP contribution in [0.15, 0.2) is 24.3 Å². The van der Waals surface area contributed by atoms with E-state index >= 15 is 0 Å². The number of hydrogen-bond donors (Lipinski definition) is 1. The van der Waals surface area contributed by atoms with Gasteiger partial charge in [0.25, 0.3) is 0 Å². The van der Waals surface area contributed by atoms with Crippen molar-refractivity contribution in [3.05, 3.63) is 29.8 Å². The molecule has 0 aliphatic heterocycles. The lowest BCUT2D eigenvalue weighted by molar-refractivity contribution is 0.463. The molecule has 1 N–H and O–H groups in total. The third-order valence-corrected chi connectivity index (χ3v) is 1.87. The second kappa shape index (κ2) is 3.77. The molecule has 0 saturated carbocycles. The van der Waals surface area contributed by atoms with Crippen molar-refractivity contribution in [1.29, 1.82) is 5.26 Å². The van der Waals surface area contributed by atoms with E-state index in [0.29, 0.717) is 6.42 Å². The molecule has 0 saturated heterocycles. The molecule has 1 rings (SSSR count). The number of nitrogens with zero attached hydrogens (tertiary/aromatic N) is 1. The van der Waals surface area contributed by atoms with Crippen molar-refractivity contribution in [3.63, 3.8) is 0 Å². The van der Waals surface area contributed by atoms with E-state index in [9.17, 15) is 5.11 Å². The highest BCUT2D eigenvalue weighted by Crippen LogP contribution is 2.26. The van der Waals surface area contributed by atoms with E-state index in [1.54, 1.807) is 12.1 Å². The van der Waals surface area contributed by atoms with E-state index in [4.69, 9.17) is 5.26 Å². The van der Waals surface area contributed by atoms with Crippen molar-refractivity contribution in [2.24, 2.45) is 0 Å². The highest BCUT2D eigenvalue weighted by atomic mass is 16.3. The number of benzene rings is 1. The molecule has 0 amide bonds. The summed E-state index contributed by atoms with van der Waals surface area (Å²) in [6.07, 6.45) is 0.442. The summed E-state index contributed by atoms with van der Waals surface area (Å²) in [4.78, 5) is 0. The number of aromatic hydroxyl groups is 1. The van der Waals surface area contributed by atoms with Gasteiger partial charge in [-0.1, -0.05) is 25.1 Å². The Morgan fingerprint density at radius 1 is 1.50 bits per heavy atom. The van der Waals surface area contributed by atoms with Crippen LogP contribution in [0.25, 0.3) is 0 Å². The number of rotatable bonds is 2. The Kier molecular flexibility index (Phi) is 2.71. The van der Waals surface area contributed by atoms with Crippen LogP contribution in [0, 0.1) is 11.3 Å². The Labute approximate surface area is 72.1 Å². The third kappa shape index (κ3) is 1.76. The fourth-order valence-corrected chi connectivity index (χ4v) is 1.15. The summed E-state index contributed by atoms with van der Waals surface area (Å²) >= 11 is 0. The molecule has 0 aliphatic carbocycles. The number of nitriles is 1. The van der Waals surface area contributed by atoms with Crippen LogP contribution in [0.3, 0.4) is 0 Å². The van der Waals surface area contributed by atoms with Gasteiger partial charge < -0.3 is 5.11 Å². The molecule has 2 nitrogen and oxygen atoms in total. The molecule has 0 fully saturated rings. The Morgan fingerprint density at radius 3 is 2.75 bits per heavy atom. The molecule has 1 atom stereocenters. The lowest BCUT2D eigenvalue weighted by Gasteiger charge is -2.08. The summed E-state index contributed by atoms with van der Waals surface area (Å²) in [5.74, 6) is 0.386. The topological polar surface area (TPSA) is 44.0 Å². The van der Waals surface area contributed by atoms with Crippen LogP contribution in [0.1, 0.15) is 24.8 Å². The summed E-state index contributed by atoms with van der Waals surface area (Å²) in [5.41, 5.74) is 0.846. The van der Waals surface area contributed by atoms with Crippen molar-refractivity contribution in [2.45, 2.75) is 19.3 Å². The average Bonchev–Trinajstić information content (AvgIpc) is 2.05. The predicted molar refractivity (Wildman–Crippen MR) is 46.8 cm³/mol. The van der Waals surface area contributed by atoms with Gasteiger partial charge in [0.15, 0.2) is 0 Å². The Morgan fingerprint density at radius 2 is 2.17 bits per heavy atom. The Hall–Kier alpha value is -1.49. The van der Waals surface area contributed by atoms with Gasteiger partial charge in [-0.15, -0.1) is 0 Å². The standard InChI is InChI=1S/C10H11NO/c1-8(6-7-11)9-4-2-3-5-10(9)12/h2-5,8,12H,6H2,1H3. The zero-order valence-electron chi connectivity index (χ0n) is 6.99. The summed E-state index contributed by atoms with van der Waals surface area (Å²) in [6, 6.07) is 9.21. The summed E-state index contributed by atoms with van der Waals surface area (Å²) in [5, 5.41) is 17.9. The molecular formula is C10H11NO. The van der Waals surface area contributed by atoms with Gasteiger partial charge in [0, 0.05) is 6.42 Å². The fourth-order valence-electron chi connectivity index (χ4n) is 1.15. The van der Waals surface area contributed by atoms with Crippen LogP contribution in [-0.4, -0.2) is 5.11 Å². The first-order valence-corrected chi connectivity index (χ1v) is 3.90. The van der Waals surface area contributed by atoms with Crippen LogP contribution in [0.4, 0.5) is 0 Å². The minimum atomic E-state index is 0.108. The smallest absolute Gasteiger partial charge is 0.119 e. The zero-order valence-corrected chi connectivity index (χ0v) is 6.99. The van der Waals surface area contributed by atoms with Gasteiger partial charge in [-0.3, -0.25) is 0 Å². The van der Waals surface area contributed by atoms with E-state index in [1.807, 2.05) is 19.1 Å². The molecule has 62 valence electrons. The summed E-state index contributed by atoms with van der Waals surface area (Å²) in [6.45, 7) is 1.93. The van der Waals surface area contributed by atoms with Gasteiger partial charge in [-0.05, 0) is 17.5 Å². The van der Waals surface area contributed by atoms with E-state index < -0.39 is 0 Å². The molecule has 0 bridgehead atoms. The molecule has 12 heavy (non-hydrogen) atoms. The molecule has 0 aromatic heterocycles. The predicted octanol–water partition coefficient (Wildman–Crippen LogP) is 2.41.